The van der Waals surface area contributed by atoms with Crippen molar-refractivity contribution in [1.82, 2.24) is 14.8 Å². The van der Waals surface area contributed by atoms with Crippen LogP contribution in [0.5, 0.6) is 5.75 Å². The average molecular weight is 666 g/mol. The molecule has 7 rings (SSSR count). The first-order valence-electron chi connectivity index (χ1n) is 17.5. The number of phenolic OH excluding ortho intramolecular Hbond substituents is 1. The van der Waals surface area contributed by atoms with E-state index >= 15 is 0 Å². The summed E-state index contributed by atoms with van der Waals surface area (Å²) in [5.41, 5.74) is 6.58. The molecule has 48 heavy (non-hydrogen) atoms. The molecule has 0 radical (unpaired) electrons. The van der Waals surface area contributed by atoms with Crippen LogP contribution in [0, 0.1) is 17.8 Å². The smallest absolute Gasteiger partial charge is 0.234 e. The Morgan fingerprint density at radius 3 is 2.54 bits per heavy atom. The van der Waals surface area contributed by atoms with Gasteiger partial charge in [0.05, 0.1) is 35.3 Å². The Labute approximate surface area is 288 Å². The van der Waals surface area contributed by atoms with Gasteiger partial charge in [-0.3, -0.25) is 24.4 Å². The number of nitrogens with zero attached hydrogens (tertiary/aromatic N) is 3. The molecule has 2 amide bonds. The molecule has 1 N–H and O–H groups in total. The lowest BCUT2D eigenvalue weighted by Gasteiger charge is -2.36. The number of likely N-dealkylation sites (tertiary alicyclic amines) is 2. The van der Waals surface area contributed by atoms with Crippen LogP contribution in [0.2, 0.25) is 5.02 Å². The minimum atomic E-state index is -0.331. The second-order valence-electron chi connectivity index (χ2n) is 13.7. The monoisotopic (exact) mass is 665 g/mol. The fourth-order valence-electron chi connectivity index (χ4n) is 8.51. The number of piperidine rings is 1. The summed E-state index contributed by atoms with van der Waals surface area (Å²) >= 11 is 6.50. The zero-order valence-electron chi connectivity index (χ0n) is 27.6. The van der Waals surface area contributed by atoms with Gasteiger partial charge in [-0.15, -0.1) is 0 Å². The van der Waals surface area contributed by atoms with E-state index < -0.39 is 0 Å². The molecule has 0 saturated carbocycles. The zero-order valence-corrected chi connectivity index (χ0v) is 28.3. The van der Waals surface area contributed by atoms with Gasteiger partial charge in [-0.05, 0) is 97.2 Å². The maximum Gasteiger partial charge on any atom is 0.234 e. The Bertz CT molecular complexity index is 1700. The van der Waals surface area contributed by atoms with Crippen molar-refractivity contribution >= 4 is 35.1 Å². The van der Waals surface area contributed by atoms with Crippen LogP contribution in [0.1, 0.15) is 68.7 Å². The van der Waals surface area contributed by atoms with Gasteiger partial charge in [0, 0.05) is 37.8 Å². The molecule has 8 heteroatoms. The number of halogens is 1. The Balaban J connectivity index is 1.08. The Morgan fingerprint density at radius 1 is 1.02 bits per heavy atom. The number of amides is 2. The van der Waals surface area contributed by atoms with Gasteiger partial charge in [-0.1, -0.05) is 66.9 Å². The molecule has 3 aliphatic heterocycles. The third kappa shape index (κ3) is 6.60. The largest absolute Gasteiger partial charge is 0.508 e. The highest BCUT2D eigenvalue weighted by molar-refractivity contribution is 6.32. The average Bonchev–Trinajstić information content (AvgIpc) is 3.63. The van der Waals surface area contributed by atoms with Crippen molar-refractivity contribution in [3.05, 3.63) is 106 Å². The van der Waals surface area contributed by atoms with E-state index in [1.54, 1.807) is 23.2 Å². The normalized spacial score (nSPS) is 25.1. The summed E-state index contributed by atoms with van der Waals surface area (Å²) in [5.74, 6) is -0.484. The van der Waals surface area contributed by atoms with Gasteiger partial charge in [-0.25, -0.2) is 0 Å². The highest BCUT2D eigenvalue weighted by Crippen LogP contribution is 2.51. The minimum Gasteiger partial charge on any atom is -0.508 e. The van der Waals surface area contributed by atoms with Gasteiger partial charge in [-0.2, -0.15) is 0 Å². The molecule has 1 aliphatic carbocycles. The molecule has 3 aromatic rings. The number of allylic oxidation sites excluding steroid dienone is 2. The molecule has 3 fully saturated rings. The standard InChI is InChI=1S/C40H44ClN3O4/c1-2-8-29-22-32-38(40(47)44(39(32)46)30-16-19-43(20-17-30)24-26-9-4-3-5-10-26)33-25-48-36(37(29)33)15-13-28(35-11-6-7-18-42-35)21-27-12-14-31(45)23-34(27)41/h3-7,9-12,14,18,21,23,30,32-33,36,38,45H,2,8,13,15-17,19-20,22,24-25H2,1H3/b28-21-/t32-,33+,36-,38-/m1/s1. The quantitative estimate of drug-likeness (QED) is 0.178. The second kappa shape index (κ2) is 14.4. The topological polar surface area (TPSA) is 83.0 Å². The molecule has 7 nitrogen and oxygen atoms in total. The van der Waals surface area contributed by atoms with E-state index in [9.17, 15) is 14.7 Å². The van der Waals surface area contributed by atoms with E-state index in [0.717, 1.165) is 68.6 Å². The molecule has 0 bridgehead atoms. The fraction of sp³-hybridized carbons (Fsp3) is 0.425. The number of pyridine rings is 1. The van der Waals surface area contributed by atoms with Crippen LogP contribution in [0.15, 0.2) is 84.1 Å². The molecule has 4 atom stereocenters. The van der Waals surface area contributed by atoms with Crippen molar-refractivity contribution in [1.29, 1.82) is 0 Å². The third-order valence-corrected chi connectivity index (χ3v) is 11.1. The van der Waals surface area contributed by atoms with Gasteiger partial charge in [0.2, 0.25) is 11.8 Å². The van der Waals surface area contributed by atoms with E-state index in [-0.39, 0.29) is 47.5 Å². The summed E-state index contributed by atoms with van der Waals surface area (Å²) in [6, 6.07) is 21.3. The molecule has 0 spiro atoms. The number of rotatable bonds is 10. The Hall–Kier alpha value is -3.78. The second-order valence-corrected chi connectivity index (χ2v) is 14.1. The summed E-state index contributed by atoms with van der Waals surface area (Å²) in [6.07, 6.45) is 9.35. The predicted octanol–water partition coefficient (Wildman–Crippen LogP) is 7.54. The van der Waals surface area contributed by atoms with Crippen molar-refractivity contribution in [3.63, 3.8) is 0 Å². The maximum absolute atomic E-state index is 14.2. The molecule has 4 aliphatic rings. The number of fused-ring (bicyclic) bond motifs is 3. The number of phenols is 1. The summed E-state index contributed by atoms with van der Waals surface area (Å²) in [5, 5.41) is 10.4. The SMILES string of the molecule is CCCC1=C2[C@@H](CC/C(=C/c3ccc(O)cc3Cl)c3ccccn3)OC[C@@H]2[C@@H]2C(=O)N(C3CCN(Cc4ccccc4)CC3)C(=O)[C@@H]2C1. The number of aromatic hydroxyl groups is 1. The van der Waals surface area contributed by atoms with E-state index in [4.69, 9.17) is 16.3 Å². The maximum atomic E-state index is 14.2. The summed E-state index contributed by atoms with van der Waals surface area (Å²) < 4.78 is 6.54. The van der Waals surface area contributed by atoms with Crippen LogP contribution >= 0.6 is 11.6 Å². The predicted molar refractivity (Wildman–Crippen MR) is 188 cm³/mol. The van der Waals surface area contributed by atoms with Gasteiger partial charge in [0.15, 0.2) is 0 Å². The molecule has 2 aromatic carbocycles. The van der Waals surface area contributed by atoms with E-state index in [1.807, 2.05) is 36.4 Å². The van der Waals surface area contributed by atoms with Gasteiger partial charge in [0.1, 0.15) is 5.75 Å². The third-order valence-electron chi connectivity index (χ3n) is 10.7. The lowest BCUT2D eigenvalue weighted by atomic mass is 9.68. The van der Waals surface area contributed by atoms with Crippen LogP contribution in [0.4, 0.5) is 0 Å². The van der Waals surface area contributed by atoms with E-state index in [1.165, 1.54) is 16.7 Å². The number of ether oxygens (including phenoxy) is 1. The van der Waals surface area contributed by atoms with E-state index in [0.29, 0.717) is 24.5 Å². The summed E-state index contributed by atoms with van der Waals surface area (Å²) in [4.78, 5) is 37.0. The van der Waals surface area contributed by atoms with Crippen LogP contribution in [0.25, 0.3) is 11.6 Å². The number of hydrogen-bond donors (Lipinski definition) is 1. The van der Waals surface area contributed by atoms with Gasteiger partial charge >= 0.3 is 0 Å². The first kappa shape index (κ1) is 32.8. The Morgan fingerprint density at radius 2 is 1.81 bits per heavy atom. The number of carbonyl (C=O) groups excluding carboxylic acids is 2. The molecule has 0 unspecified atom stereocenters. The number of carbonyl (C=O) groups is 2. The molecule has 250 valence electrons. The first-order chi connectivity index (χ1) is 23.4. The van der Waals surface area contributed by atoms with Crippen LogP contribution in [-0.4, -0.2) is 63.5 Å². The van der Waals surface area contributed by atoms with E-state index in [2.05, 4.69) is 41.1 Å². The van der Waals surface area contributed by atoms with Crippen LogP contribution < -0.4 is 0 Å². The molecule has 4 heterocycles. The number of hydrogen-bond acceptors (Lipinski definition) is 6. The molecule has 3 saturated heterocycles. The fourth-order valence-corrected chi connectivity index (χ4v) is 8.74. The lowest BCUT2D eigenvalue weighted by molar-refractivity contribution is -0.144. The highest BCUT2D eigenvalue weighted by atomic mass is 35.5. The molecular weight excluding hydrogens is 622 g/mol. The summed E-state index contributed by atoms with van der Waals surface area (Å²) in [7, 11) is 0. The minimum absolute atomic E-state index is 0.0184. The zero-order chi connectivity index (χ0) is 33.2. The van der Waals surface area contributed by atoms with Crippen molar-refractivity contribution < 1.29 is 19.4 Å². The first-order valence-corrected chi connectivity index (χ1v) is 17.9. The lowest BCUT2D eigenvalue weighted by Crippen LogP contribution is -2.47. The Kier molecular flexibility index (Phi) is 9.81. The van der Waals surface area contributed by atoms with Gasteiger partial charge < -0.3 is 9.84 Å². The number of imide groups is 1. The van der Waals surface area contributed by atoms with Gasteiger partial charge in [0.25, 0.3) is 0 Å². The van der Waals surface area contributed by atoms with Crippen LogP contribution in [0.3, 0.4) is 0 Å². The highest BCUT2D eigenvalue weighted by Gasteiger charge is 2.58. The van der Waals surface area contributed by atoms with Crippen LogP contribution in [-0.2, 0) is 20.9 Å². The molecule has 1 aromatic heterocycles. The number of aromatic nitrogens is 1. The summed E-state index contributed by atoms with van der Waals surface area (Å²) in [6.45, 7) is 5.32. The van der Waals surface area contributed by atoms with Crippen molar-refractivity contribution in [3.8, 4) is 5.75 Å². The van der Waals surface area contributed by atoms with Crippen molar-refractivity contribution in [2.24, 2.45) is 17.8 Å². The van der Waals surface area contributed by atoms with Crippen molar-refractivity contribution in [2.75, 3.05) is 19.7 Å². The van der Waals surface area contributed by atoms with Crippen molar-refractivity contribution in [2.45, 2.75) is 70.6 Å². The molecular formula is C40H44ClN3O4. The number of benzene rings is 2.